The van der Waals surface area contributed by atoms with Gasteiger partial charge in [0.05, 0.1) is 19.8 Å². The van der Waals surface area contributed by atoms with Crippen molar-refractivity contribution in [2.75, 3.05) is 6.61 Å². The van der Waals surface area contributed by atoms with Gasteiger partial charge < -0.3 is 14.9 Å². The van der Waals surface area contributed by atoms with E-state index in [1.165, 1.54) is 18.2 Å². The molecule has 1 rings (SSSR count). The number of Topliss-reactive ketones (excluding diaryl/α,β-unsaturated/α-hetero) is 1. The number of hydrogen-bond acceptors (Lipinski definition) is 5. The Balaban J connectivity index is 2.99. The average molecular weight is 238 g/mol. The fourth-order valence-corrected chi connectivity index (χ4v) is 1.38. The summed E-state index contributed by atoms with van der Waals surface area (Å²) in [4.78, 5) is 22.8. The number of carbonyl (C=O) groups excluding carboxylic acids is 2. The van der Waals surface area contributed by atoms with Crippen LogP contribution in [-0.2, 0) is 22.7 Å². The van der Waals surface area contributed by atoms with Crippen molar-refractivity contribution >= 4 is 11.8 Å². The second-order valence-corrected chi connectivity index (χ2v) is 3.35. The van der Waals surface area contributed by atoms with Crippen LogP contribution >= 0.6 is 0 Å². The van der Waals surface area contributed by atoms with E-state index >= 15 is 0 Å². The maximum atomic E-state index is 11.6. The normalized spacial score (nSPS) is 10.1. The predicted octanol–water partition coefficient (Wildman–Crippen LogP) is 0.417. The molecular formula is C12H14O5. The lowest BCUT2D eigenvalue weighted by atomic mass is 10.0. The van der Waals surface area contributed by atoms with Crippen LogP contribution in [0.5, 0.6) is 0 Å². The summed E-state index contributed by atoms with van der Waals surface area (Å²) in [5, 5.41) is 18.0. The van der Waals surface area contributed by atoms with Gasteiger partial charge in [-0.3, -0.25) is 4.79 Å². The van der Waals surface area contributed by atoms with E-state index in [0.717, 1.165) is 0 Å². The second-order valence-electron chi connectivity index (χ2n) is 3.35. The Labute approximate surface area is 98.6 Å². The Hall–Kier alpha value is -1.72. The molecule has 1 aromatic rings. The molecule has 0 spiro atoms. The van der Waals surface area contributed by atoms with Crippen molar-refractivity contribution in [1.29, 1.82) is 0 Å². The Morgan fingerprint density at radius 2 is 1.82 bits per heavy atom. The zero-order valence-electron chi connectivity index (χ0n) is 9.47. The summed E-state index contributed by atoms with van der Waals surface area (Å²) >= 11 is 0. The fourth-order valence-electron chi connectivity index (χ4n) is 1.38. The molecule has 0 aliphatic rings. The molecule has 0 radical (unpaired) electrons. The second kappa shape index (κ2) is 6.12. The minimum absolute atomic E-state index is 0.131. The molecule has 0 aliphatic heterocycles. The molecule has 2 N–H and O–H groups in total. The highest BCUT2D eigenvalue weighted by Crippen LogP contribution is 2.13. The molecule has 0 saturated heterocycles. The van der Waals surface area contributed by atoms with Gasteiger partial charge in [-0.1, -0.05) is 12.1 Å². The molecule has 1 aromatic carbocycles. The van der Waals surface area contributed by atoms with Crippen molar-refractivity contribution in [3.05, 3.63) is 34.9 Å². The number of rotatable bonds is 5. The summed E-state index contributed by atoms with van der Waals surface area (Å²) in [5.74, 6) is -1.68. The first-order chi connectivity index (χ1) is 8.13. The minimum Gasteiger partial charge on any atom is -0.460 e. The smallest absolute Gasteiger partial charge is 0.379 e. The van der Waals surface area contributed by atoms with E-state index < -0.39 is 11.8 Å². The quantitative estimate of drug-likeness (QED) is 0.441. The van der Waals surface area contributed by atoms with E-state index in [1.807, 2.05) is 0 Å². The molecule has 0 atom stereocenters. The molecule has 0 bridgehead atoms. The average Bonchev–Trinajstić information content (AvgIpc) is 2.37. The van der Waals surface area contributed by atoms with Gasteiger partial charge >= 0.3 is 5.97 Å². The van der Waals surface area contributed by atoms with Gasteiger partial charge in [0, 0.05) is 5.56 Å². The van der Waals surface area contributed by atoms with Crippen LogP contribution in [0.25, 0.3) is 0 Å². The topological polar surface area (TPSA) is 83.8 Å². The third-order valence-electron chi connectivity index (χ3n) is 2.27. The number of aliphatic hydroxyl groups excluding tert-OH is 2. The van der Waals surface area contributed by atoms with Crippen LogP contribution in [0.15, 0.2) is 18.2 Å². The molecule has 17 heavy (non-hydrogen) atoms. The highest BCUT2D eigenvalue weighted by atomic mass is 16.5. The molecule has 0 aromatic heterocycles. The van der Waals surface area contributed by atoms with Crippen molar-refractivity contribution in [3.63, 3.8) is 0 Å². The van der Waals surface area contributed by atoms with Crippen molar-refractivity contribution in [2.24, 2.45) is 0 Å². The molecule has 0 fully saturated rings. The van der Waals surface area contributed by atoms with Crippen LogP contribution in [0.1, 0.15) is 28.4 Å². The summed E-state index contributed by atoms with van der Waals surface area (Å²) in [7, 11) is 0. The van der Waals surface area contributed by atoms with Gasteiger partial charge in [-0.2, -0.15) is 0 Å². The minimum atomic E-state index is -0.923. The zero-order valence-corrected chi connectivity index (χ0v) is 9.47. The van der Waals surface area contributed by atoms with E-state index in [9.17, 15) is 9.59 Å². The lowest BCUT2D eigenvalue weighted by Gasteiger charge is -2.07. The number of carbonyl (C=O) groups is 2. The van der Waals surface area contributed by atoms with Crippen LogP contribution < -0.4 is 0 Å². The standard InChI is InChI=1S/C12H14O5/c1-2-17-12(16)11(15)8-3-4-9(6-13)10(5-8)7-14/h3-5,13-14H,2,6-7H2,1H3. The van der Waals surface area contributed by atoms with Crippen LogP contribution in [0.4, 0.5) is 0 Å². The van der Waals surface area contributed by atoms with Gasteiger partial charge in [0.2, 0.25) is 0 Å². The number of ether oxygens (including phenoxy) is 1. The van der Waals surface area contributed by atoms with Crippen LogP contribution in [0, 0.1) is 0 Å². The van der Waals surface area contributed by atoms with Crippen LogP contribution in [0.3, 0.4) is 0 Å². The zero-order chi connectivity index (χ0) is 12.8. The van der Waals surface area contributed by atoms with Crippen molar-refractivity contribution in [2.45, 2.75) is 20.1 Å². The van der Waals surface area contributed by atoms with Crippen molar-refractivity contribution in [3.8, 4) is 0 Å². The van der Waals surface area contributed by atoms with Gasteiger partial charge in [-0.05, 0) is 24.1 Å². The molecule has 0 unspecified atom stereocenters. The number of benzene rings is 1. The molecule has 0 saturated carbocycles. The molecule has 92 valence electrons. The molecule has 5 heteroatoms. The largest absolute Gasteiger partial charge is 0.460 e. The van der Waals surface area contributed by atoms with Crippen molar-refractivity contribution in [1.82, 2.24) is 0 Å². The van der Waals surface area contributed by atoms with Crippen LogP contribution in [-0.4, -0.2) is 28.6 Å². The van der Waals surface area contributed by atoms with Gasteiger partial charge in [-0.25, -0.2) is 4.79 Å². The summed E-state index contributed by atoms with van der Waals surface area (Å²) < 4.78 is 4.59. The third kappa shape index (κ3) is 3.12. The summed E-state index contributed by atoms with van der Waals surface area (Å²) in [5.41, 5.74) is 1.08. The molecule has 0 heterocycles. The molecule has 5 nitrogen and oxygen atoms in total. The molecule has 0 amide bonds. The first kappa shape index (κ1) is 13.3. The number of esters is 1. The Kier molecular flexibility index (Phi) is 4.81. The highest BCUT2D eigenvalue weighted by molar-refractivity contribution is 6.40. The van der Waals surface area contributed by atoms with E-state index in [2.05, 4.69) is 4.74 Å². The number of ketones is 1. The summed E-state index contributed by atoms with van der Waals surface area (Å²) in [6.45, 7) is 1.20. The monoisotopic (exact) mass is 238 g/mol. The van der Waals surface area contributed by atoms with Crippen LogP contribution in [0.2, 0.25) is 0 Å². The Bertz CT molecular complexity index is 425. The first-order valence-corrected chi connectivity index (χ1v) is 5.19. The first-order valence-electron chi connectivity index (χ1n) is 5.19. The molecule has 0 aliphatic carbocycles. The van der Waals surface area contributed by atoms with Gasteiger partial charge in [-0.15, -0.1) is 0 Å². The fraction of sp³-hybridized carbons (Fsp3) is 0.333. The SMILES string of the molecule is CCOC(=O)C(=O)c1ccc(CO)c(CO)c1. The van der Waals surface area contributed by atoms with E-state index in [4.69, 9.17) is 10.2 Å². The maximum Gasteiger partial charge on any atom is 0.379 e. The summed E-state index contributed by atoms with van der Waals surface area (Å²) in [6, 6.07) is 4.30. The van der Waals surface area contributed by atoms with Gasteiger partial charge in [0.25, 0.3) is 5.78 Å². The van der Waals surface area contributed by atoms with E-state index in [1.54, 1.807) is 6.92 Å². The summed E-state index contributed by atoms with van der Waals surface area (Å²) in [6.07, 6.45) is 0. The number of hydrogen-bond donors (Lipinski definition) is 2. The van der Waals surface area contributed by atoms with E-state index in [0.29, 0.717) is 11.1 Å². The number of aliphatic hydroxyl groups is 2. The van der Waals surface area contributed by atoms with Gasteiger partial charge in [0.15, 0.2) is 0 Å². The molecular weight excluding hydrogens is 224 g/mol. The lowest BCUT2D eigenvalue weighted by molar-refractivity contribution is -0.137. The highest BCUT2D eigenvalue weighted by Gasteiger charge is 2.18. The van der Waals surface area contributed by atoms with Crippen molar-refractivity contribution < 1.29 is 24.5 Å². The Morgan fingerprint density at radius 1 is 1.18 bits per heavy atom. The third-order valence-corrected chi connectivity index (χ3v) is 2.27. The predicted molar refractivity (Wildman–Crippen MR) is 59.3 cm³/mol. The van der Waals surface area contributed by atoms with E-state index in [-0.39, 0.29) is 25.4 Å². The maximum absolute atomic E-state index is 11.6. The Morgan fingerprint density at radius 3 is 2.35 bits per heavy atom. The van der Waals surface area contributed by atoms with Gasteiger partial charge in [0.1, 0.15) is 0 Å². The lowest BCUT2D eigenvalue weighted by Crippen LogP contribution is -2.17.